The first-order valence-corrected chi connectivity index (χ1v) is 7.79. The Hall–Kier alpha value is -1.22. The minimum Gasteiger partial charge on any atom is -0.491 e. The molecule has 1 saturated carbocycles. The molecule has 1 aliphatic carbocycles. The lowest BCUT2D eigenvalue weighted by molar-refractivity contribution is 0.0377. The normalized spacial score (nSPS) is 23.7. The minimum absolute atomic E-state index is 0.0705. The zero-order valence-electron chi connectivity index (χ0n) is 12.7. The predicted molar refractivity (Wildman–Crippen MR) is 80.5 cm³/mol. The fourth-order valence-corrected chi connectivity index (χ4v) is 3.58. The molecule has 1 N–H and O–H groups in total. The first-order chi connectivity index (χ1) is 9.62. The van der Waals surface area contributed by atoms with E-state index in [1.54, 1.807) is 0 Å². The minimum atomic E-state index is 0.0705. The SMILES string of the molecule is CNC1CC2(CCCC2)Oc2ccc(OC(C)C)cc21. The van der Waals surface area contributed by atoms with E-state index in [-0.39, 0.29) is 11.7 Å². The van der Waals surface area contributed by atoms with Gasteiger partial charge in [0.05, 0.1) is 6.10 Å². The van der Waals surface area contributed by atoms with Crippen LogP contribution in [0, 0.1) is 0 Å². The van der Waals surface area contributed by atoms with Crippen molar-refractivity contribution in [3.63, 3.8) is 0 Å². The Morgan fingerprint density at radius 2 is 2.05 bits per heavy atom. The van der Waals surface area contributed by atoms with Gasteiger partial charge in [-0.25, -0.2) is 0 Å². The van der Waals surface area contributed by atoms with Gasteiger partial charge in [0.15, 0.2) is 0 Å². The molecule has 0 radical (unpaired) electrons. The van der Waals surface area contributed by atoms with Gasteiger partial charge in [-0.05, 0) is 64.8 Å². The van der Waals surface area contributed by atoms with Crippen molar-refractivity contribution in [2.24, 2.45) is 0 Å². The molecule has 1 heterocycles. The van der Waals surface area contributed by atoms with Crippen molar-refractivity contribution in [1.82, 2.24) is 5.32 Å². The Labute approximate surface area is 121 Å². The summed E-state index contributed by atoms with van der Waals surface area (Å²) in [6.07, 6.45) is 6.23. The molecule has 20 heavy (non-hydrogen) atoms. The quantitative estimate of drug-likeness (QED) is 0.909. The molecule has 1 fully saturated rings. The lowest BCUT2D eigenvalue weighted by atomic mass is 9.86. The van der Waals surface area contributed by atoms with E-state index in [0.717, 1.165) is 17.9 Å². The maximum absolute atomic E-state index is 6.38. The fourth-order valence-electron chi connectivity index (χ4n) is 3.58. The van der Waals surface area contributed by atoms with Crippen molar-refractivity contribution < 1.29 is 9.47 Å². The van der Waals surface area contributed by atoms with E-state index >= 15 is 0 Å². The molecule has 0 amide bonds. The molecular weight excluding hydrogens is 250 g/mol. The van der Waals surface area contributed by atoms with E-state index in [4.69, 9.17) is 9.47 Å². The summed E-state index contributed by atoms with van der Waals surface area (Å²) in [6.45, 7) is 4.11. The number of nitrogens with one attached hydrogen (secondary N) is 1. The smallest absolute Gasteiger partial charge is 0.125 e. The highest BCUT2D eigenvalue weighted by atomic mass is 16.5. The van der Waals surface area contributed by atoms with Crippen molar-refractivity contribution in [1.29, 1.82) is 0 Å². The molecule has 1 aromatic carbocycles. The molecule has 3 nitrogen and oxygen atoms in total. The van der Waals surface area contributed by atoms with Crippen molar-refractivity contribution in [3.8, 4) is 11.5 Å². The van der Waals surface area contributed by atoms with Crippen molar-refractivity contribution >= 4 is 0 Å². The van der Waals surface area contributed by atoms with Crippen LogP contribution in [0.25, 0.3) is 0 Å². The molecule has 2 aliphatic rings. The second kappa shape index (κ2) is 5.28. The van der Waals surface area contributed by atoms with Gasteiger partial charge in [-0.1, -0.05) is 0 Å². The predicted octanol–water partition coefficient (Wildman–Crippen LogP) is 3.83. The van der Waals surface area contributed by atoms with Gasteiger partial charge in [-0.3, -0.25) is 0 Å². The molecule has 1 unspecified atom stereocenters. The Morgan fingerprint density at radius 3 is 2.70 bits per heavy atom. The molecule has 0 aromatic heterocycles. The van der Waals surface area contributed by atoms with Gasteiger partial charge in [0, 0.05) is 18.0 Å². The maximum Gasteiger partial charge on any atom is 0.125 e. The third-order valence-electron chi connectivity index (χ3n) is 4.49. The molecule has 1 spiro atoms. The molecule has 110 valence electrons. The standard InChI is InChI=1S/C17H25NO2/c1-12(2)19-13-6-7-16-14(10-13)15(18-3)11-17(20-16)8-4-5-9-17/h6-7,10,12,15,18H,4-5,8-9,11H2,1-3H3. The Balaban J connectivity index is 1.91. The first kappa shape index (κ1) is 13.7. The molecular formula is C17H25NO2. The Kier molecular flexibility index (Phi) is 3.63. The topological polar surface area (TPSA) is 30.5 Å². The van der Waals surface area contributed by atoms with Crippen LogP contribution in [0.1, 0.15) is 57.6 Å². The number of benzene rings is 1. The van der Waals surface area contributed by atoms with Gasteiger partial charge < -0.3 is 14.8 Å². The fraction of sp³-hybridized carbons (Fsp3) is 0.647. The van der Waals surface area contributed by atoms with Crippen molar-refractivity contribution in [2.45, 2.75) is 63.7 Å². The number of ether oxygens (including phenoxy) is 2. The van der Waals surface area contributed by atoms with Gasteiger partial charge in [0.25, 0.3) is 0 Å². The van der Waals surface area contributed by atoms with Crippen LogP contribution in [-0.2, 0) is 0 Å². The van der Waals surface area contributed by atoms with Gasteiger partial charge in [0.1, 0.15) is 17.1 Å². The molecule has 0 saturated heterocycles. The molecule has 3 heteroatoms. The van der Waals surface area contributed by atoms with E-state index in [1.807, 2.05) is 13.1 Å². The highest BCUT2D eigenvalue weighted by Gasteiger charge is 2.42. The number of hydrogen-bond donors (Lipinski definition) is 1. The van der Waals surface area contributed by atoms with E-state index in [0.29, 0.717) is 6.04 Å². The van der Waals surface area contributed by atoms with Crippen molar-refractivity contribution in [3.05, 3.63) is 23.8 Å². The number of hydrogen-bond acceptors (Lipinski definition) is 3. The number of rotatable bonds is 3. The summed E-state index contributed by atoms with van der Waals surface area (Å²) in [5.41, 5.74) is 1.31. The van der Waals surface area contributed by atoms with Gasteiger partial charge in [-0.2, -0.15) is 0 Å². The van der Waals surface area contributed by atoms with Crippen LogP contribution < -0.4 is 14.8 Å². The average molecular weight is 275 g/mol. The molecule has 1 aliphatic heterocycles. The Morgan fingerprint density at radius 1 is 1.30 bits per heavy atom. The maximum atomic E-state index is 6.38. The molecule has 1 aromatic rings. The largest absolute Gasteiger partial charge is 0.491 e. The summed E-state index contributed by atoms with van der Waals surface area (Å²) in [5, 5.41) is 3.46. The van der Waals surface area contributed by atoms with Crippen LogP contribution in [0.4, 0.5) is 0 Å². The molecule has 1 atom stereocenters. The molecule has 3 rings (SSSR count). The van der Waals surface area contributed by atoms with Crippen LogP contribution in [0.3, 0.4) is 0 Å². The van der Waals surface area contributed by atoms with Crippen LogP contribution in [0.2, 0.25) is 0 Å². The zero-order valence-corrected chi connectivity index (χ0v) is 12.7. The van der Waals surface area contributed by atoms with E-state index in [1.165, 1.54) is 31.2 Å². The summed E-state index contributed by atoms with van der Waals surface area (Å²) < 4.78 is 12.2. The van der Waals surface area contributed by atoms with Crippen LogP contribution >= 0.6 is 0 Å². The second-order valence-electron chi connectivity index (χ2n) is 6.40. The average Bonchev–Trinajstić information content (AvgIpc) is 2.86. The third kappa shape index (κ3) is 2.51. The summed E-state index contributed by atoms with van der Waals surface area (Å²) in [5.74, 6) is 1.97. The highest BCUT2D eigenvalue weighted by Crippen LogP contribution is 2.47. The van der Waals surface area contributed by atoms with Gasteiger partial charge in [-0.15, -0.1) is 0 Å². The number of fused-ring (bicyclic) bond motifs is 1. The lowest BCUT2D eigenvalue weighted by Gasteiger charge is -2.40. The van der Waals surface area contributed by atoms with E-state index in [2.05, 4.69) is 31.3 Å². The van der Waals surface area contributed by atoms with E-state index < -0.39 is 0 Å². The van der Waals surface area contributed by atoms with E-state index in [9.17, 15) is 0 Å². The van der Waals surface area contributed by atoms with Crippen molar-refractivity contribution in [2.75, 3.05) is 7.05 Å². The first-order valence-electron chi connectivity index (χ1n) is 7.79. The summed E-state index contributed by atoms with van der Waals surface area (Å²) in [4.78, 5) is 0. The van der Waals surface area contributed by atoms with Crippen LogP contribution in [0.5, 0.6) is 11.5 Å². The summed E-state index contributed by atoms with van der Waals surface area (Å²) >= 11 is 0. The second-order valence-corrected chi connectivity index (χ2v) is 6.40. The Bertz CT molecular complexity index is 478. The van der Waals surface area contributed by atoms with Crippen LogP contribution in [-0.4, -0.2) is 18.8 Å². The van der Waals surface area contributed by atoms with Gasteiger partial charge in [0.2, 0.25) is 0 Å². The third-order valence-corrected chi connectivity index (χ3v) is 4.49. The van der Waals surface area contributed by atoms with Gasteiger partial charge >= 0.3 is 0 Å². The monoisotopic (exact) mass is 275 g/mol. The zero-order chi connectivity index (χ0) is 14.2. The molecule has 0 bridgehead atoms. The lowest BCUT2D eigenvalue weighted by Crippen LogP contribution is -2.41. The summed E-state index contributed by atoms with van der Waals surface area (Å²) in [7, 11) is 2.04. The summed E-state index contributed by atoms with van der Waals surface area (Å²) in [6, 6.07) is 6.61. The highest BCUT2D eigenvalue weighted by molar-refractivity contribution is 5.44. The van der Waals surface area contributed by atoms with Crippen LogP contribution in [0.15, 0.2) is 18.2 Å².